The minimum absolute atomic E-state index is 0.0302. The standard InChI is InChI=1S/C18H21NO4/c1-21-15-9-6-10-16(18(15)22-2)23-12-11-19-17(20)13-14-7-4-3-5-8-14/h3-10H,11-13H2,1-2H3,(H,19,20). The number of carbonyl (C=O) groups excluding carboxylic acids is 1. The molecule has 122 valence electrons. The van der Waals surface area contributed by atoms with Crippen molar-refractivity contribution in [1.29, 1.82) is 0 Å². The lowest BCUT2D eigenvalue weighted by Crippen LogP contribution is -2.29. The van der Waals surface area contributed by atoms with Crippen molar-refractivity contribution >= 4 is 5.91 Å². The predicted octanol–water partition coefficient (Wildman–Crippen LogP) is 2.44. The van der Waals surface area contributed by atoms with E-state index in [4.69, 9.17) is 14.2 Å². The smallest absolute Gasteiger partial charge is 0.224 e. The van der Waals surface area contributed by atoms with Gasteiger partial charge in [0.05, 0.1) is 27.2 Å². The van der Waals surface area contributed by atoms with E-state index in [0.717, 1.165) is 5.56 Å². The van der Waals surface area contributed by atoms with Gasteiger partial charge < -0.3 is 19.5 Å². The molecule has 5 nitrogen and oxygen atoms in total. The van der Waals surface area contributed by atoms with Crippen LogP contribution in [0.2, 0.25) is 0 Å². The van der Waals surface area contributed by atoms with E-state index in [2.05, 4.69) is 5.32 Å². The molecule has 0 aliphatic rings. The summed E-state index contributed by atoms with van der Waals surface area (Å²) in [7, 11) is 3.14. The molecule has 0 heterocycles. The van der Waals surface area contributed by atoms with Crippen LogP contribution in [-0.2, 0) is 11.2 Å². The molecule has 0 spiro atoms. The van der Waals surface area contributed by atoms with Gasteiger partial charge in [-0.05, 0) is 17.7 Å². The summed E-state index contributed by atoms with van der Waals surface area (Å²) in [6.07, 6.45) is 0.364. The lowest BCUT2D eigenvalue weighted by Gasteiger charge is -2.13. The van der Waals surface area contributed by atoms with Gasteiger partial charge in [-0.1, -0.05) is 36.4 Å². The number of para-hydroxylation sites is 1. The highest BCUT2D eigenvalue weighted by Crippen LogP contribution is 2.36. The molecular weight excluding hydrogens is 294 g/mol. The zero-order chi connectivity index (χ0) is 16.5. The Morgan fingerprint density at radius 3 is 2.39 bits per heavy atom. The summed E-state index contributed by atoms with van der Waals surface area (Å²) in [6.45, 7) is 0.774. The molecular formula is C18H21NO4. The molecule has 1 amide bonds. The highest BCUT2D eigenvalue weighted by atomic mass is 16.5. The number of rotatable bonds is 8. The summed E-state index contributed by atoms with van der Waals surface area (Å²) in [5.74, 6) is 1.71. The van der Waals surface area contributed by atoms with E-state index in [0.29, 0.717) is 36.8 Å². The van der Waals surface area contributed by atoms with E-state index in [9.17, 15) is 4.79 Å². The monoisotopic (exact) mass is 315 g/mol. The van der Waals surface area contributed by atoms with Crippen molar-refractivity contribution in [3.63, 3.8) is 0 Å². The second-order valence-electron chi connectivity index (χ2n) is 4.85. The van der Waals surface area contributed by atoms with Crippen LogP contribution in [-0.4, -0.2) is 33.3 Å². The summed E-state index contributed by atoms with van der Waals surface area (Å²) >= 11 is 0. The van der Waals surface area contributed by atoms with Crippen molar-refractivity contribution in [3.8, 4) is 17.2 Å². The van der Waals surface area contributed by atoms with Gasteiger partial charge in [0, 0.05) is 0 Å². The maximum Gasteiger partial charge on any atom is 0.224 e. The topological polar surface area (TPSA) is 56.8 Å². The molecule has 0 unspecified atom stereocenters. The first-order valence-corrected chi connectivity index (χ1v) is 7.39. The van der Waals surface area contributed by atoms with Crippen LogP contribution in [0.3, 0.4) is 0 Å². The van der Waals surface area contributed by atoms with Crippen molar-refractivity contribution in [2.45, 2.75) is 6.42 Å². The van der Waals surface area contributed by atoms with Crippen molar-refractivity contribution in [2.24, 2.45) is 0 Å². The van der Waals surface area contributed by atoms with Crippen molar-refractivity contribution in [2.75, 3.05) is 27.4 Å². The van der Waals surface area contributed by atoms with Gasteiger partial charge in [0.25, 0.3) is 0 Å². The Hall–Kier alpha value is -2.69. The summed E-state index contributed by atoms with van der Waals surface area (Å²) in [4.78, 5) is 11.8. The van der Waals surface area contributed by atoms with Gasteiger partial charge in [-0.3, -0.25) is 4.79 Å². The zero-order valence-corrected chi connectivity index (χ0v) is 13.4. The molecule has 0 aliphatic carbocycles. The van der Waals surface area contributed by atoms with Gasteiger partial charge in [-0.15, -0.1) is 0 Å². The predicted molar refractivity (Wildman–Crippen MR) is 88.2 cm³/mol. The number of hydrogen-bond donors (Lipinski definition) is 1. The molecule has 5 heteroatoms. The molecule has 1 N–H and O–H groups in total. The van der Waals surface area contributed by atoms with Crippen molar-refractivity contribution in [1.82, 2.24) is 5.32 Å². The number of benzene rings is 2. The maximum atomic E-state index is 11.8. The molecule has 0 bridgehead atoms. The van der Waals surface area contributed by atoms with Crippen LogP contribution in [0.4, 0.5) is 0 Å². The van der Waals surface area contributed by atoms with Crippen molar-refractivity contribution in [3.05, 3.63) is 54.1 Å². The summed E-state index contributed by atoms with van der Waals surface area (Å²) in [5, 5.41) is 2.83. The molecule has 0 atom stereocenters. The molecule has 0 fully saturated rings. The number of nitrogens with one attached hydrogen (secondary N) is 1. The summed E-state index contributed by atoms with van der Waals surface area (Å²) in [5.41, 5.74) is 0.986. The molecule has 2 rings (SSSR count). The minimum atomic E-state index is -0.0302. The van der Waals surface area contributed by atoms with E-state index < -0.39 is 0 Å². The third kappa shape index (κ3) is 4.92. The fraction of sp³-hybridized carbons (Fsp3) is 0.278. The second kappa shape index (κ2) is 8.68. The second-order valence-corrected chi connectivity index (χ2v) is 4.85. The van der Waals surface area contributed by atoms with E-state index in [-0.39, 0.29) is 5.91 Å². The van der Waals surface area contributed by atoms with Crippen molar-refractivity contribution < 1.29 is 19.0 Å². The SMILES string of the molecule is COc1cccc(OCCNC(=O)Cc2ccccc2)c1OC. The van der Waals surface area contributed by atoms with Gasteiger partial charge in [-0.2, -0.15) is 0 Å². The Morgan fingerprint density at radius 2 is 1.70 bits per heavy atom. The molecule has 0 saturated heterocycles. The van der Waals surface area contributed by atoms with Gasteiger partial charge in [-0.25, -0.2) is 0 Å². The molecule has 2 aromatic carbocycles. The number of methoxy groups -OCH3 is 2. The molecule has 0 aromatic heterocycles. The van der Waals surface area contributed by atoms with Gasteiger partial charge >= 0.3 is 0 Å². The quantitative estimate of drug-likeness (QED) is 0.760. The Labute approximate surface area is 136 Å². The van der Waals surface area contributed by atoms with E-state index in [1.165, 1.54) is 0 Å². The number of amides is 1. The molecule has 2 aromatic rings. The van der Waals surface area contributed by atoms with Crippen LogP contribution in [0.5, 0.6) is 17.2 Å². The number of carbonyl (C=O) groups is 1. The first kappa shape index (κ1) is 16.7. The van der Waals surface area contributed by atoms with Crippen LogP contribution in [0, 0.1) is 0 Å². The van der Waals surface area contributed by atoms with E-state index in [1.54, 1.807) is 26.4 Å². The Morgan fingerprint density at radius 1 is 0.957 bits per heavy atom. The van der Waals surface area contributed by atoms with Gasteiger partial charge in [0.2, 0.25) is 11.7 Å². The Balaban J connectivity index is 1.78. The fourth-order valence-electron chi connectivity index (χ4n) is 2.17. The highest BCUT2D eigenvalue weighted by molar-refractivity contribution is 5.78. The molecule has 0 radical (unpaired) electrons. The normalized spacial score (nSPS) is 10.0. The lowest BCUT2D eigenvalue weighted by atomic mass is 10.1. The summed E-state index contributed by atoms with van der Waals surface area (Å²) in [6, 6.07) is 15.0. The third-order valence-corrected chi connectivity index (χ3v) is 3.26. The van der Waals surface area contributed by atoms with Crippen LogP contribution >= 0.6 is 0 Å². The Kier molecular flexibility index (Phi) is 6.29. The average molecular weight is 315 g/mol. The highest BCUT2D eigenvalue weighted by Gasteiger charge is 2.10. The maximum absolute atomic E-state index is 11.8. The van der Waals surface area contributed by atoms with Gasteiger partial charge in [0.15, 0.2) is 11.5 Å². The average Bonchev–Trinajstić information content (AvgIpc) is 2.59. The fourth-order valence-corrected chi connectivity index (χ4v) is 2.17. The van der Waals surface area contributed by atoms with Crippen LogP contribution in [0.15, 0.2) is 48.5 Å². The first-order valence-electron chi connectivity index (χ1n) is 7.39. The lowest BCUT2D eigenvalue weighted by molar-refractivity contribution is -0.120. The number of ether oxygens (including phenoxy) is 3. The zero-order valence-electron chi connectivity index (χ0n) is 13.4. The molecule has 0 saturated carbocycles. The van der Waals surface area contributed by atoms with E-state index in [1.807, 2.05) is 36.4 Å². The Bertz CT molecular complexity index is 628. The number of hydrogen-bond acceptors (Lipinski definition) is 4. The van der Waals surface area contributed by atoms with Crippen LogP contribution < -0.4 is 19.5 Å². The van der Waals surface area contributed by atoms with Crippen LogP contribution in [0.25, 0.3) is 0 Å². The molecule has 0 aliphatic heterocycles. The third-order valence-electron chi connectivity index (χ3n) is 3.26. The minimum Gasteiger partial charge on any atom is -0.493 e. The van der Waals surface area contributed by atoms with E-state index >= 15 is 0 Å². The largest absolute Gasteiger partial charge is 0.493 e. The van der Waals surface area contributed by atoms with Gasteiger partial charge in [0.1, 0.15) is 6.61 Å². The summed E-state index contributed by atoms with van der Waals surface area (Å²) < 4.78 is 16.2. The van der Waals surface area contributed by atoms with Crippen LogP contribution in [0.1, 0.15) is 5.56 Å². The molecule has 23 heavy (non-hydrogen) atoms. The first-order chi connectivity index (χ1) is 11.2.